The highest BCUT2D eigenvalue weighted by Gasteiger charge is 2.03. The lowest BCUT2D eigenvalue weighted by Crippen LogP contribution is -2.22. The fourth-order valence-corrected chi connectivity index (χ4v) is 2.80. The van der Waals surface area contributed by atoms with Crippen LogP contribution in [0.15, 0.2) is 41.1 Å². The zero-order chi connectivity index (χ0) is 17.2. The topological polar surface area (TPSA) is 75.6 Å². The predicted molar refractivity (Wildman–Crippen MR) is 93.3 cm³/mol. The van der Waals surface area contributed by atoms with Crippen LogP contribution in [0.25, 0.3) is 0 Å². The number of hydrogen-bond donors (Lipinski definition) is 2. The van der Waals surface area contributed by atoms with Gasteiger partial charge in [-0.05, 0) is 52.9 Å². The van der Waals surface area contributed by atoms with Gasteiger partial charge in [0.05, 0.1) is 6.61 Å². The summed E-state index contributed by atoms with van der Waals surface area (Å²) >= 11 is 1.64. The SMILES string of the molecule is O=C(O)CCCOc1ccc(CNC(=O)CCc2ccsc2)cc1. The van der Waals surface area contributed by atoms with Crippen LogP contribution in [-0.4, -0.2) is 23.6 Å². The van der Waals surface area contributed by atoms with Crippen molar-refractivity contribution in [1.29, 1.82) is 0 Å². The molecule has 5 nitrogen and oxygen atoms in total. The van der Waals surface area contributed by atoms with Gasteiger partial charge in [0, 0.05) is 19.4 Å². The molecule has 2 N–H and O–H groups in total. The zero-order valence-corrected chi connectivity index (χ0v) is 14.2. The van der Waals surface area contributed by atoms with Gasteiger partial charge >= 0.3 is 5.97 Å². The first-order valence-corrected chi connectivity index (χ1v) is 8.79. The molecule has 0 fully saturated rings. The van der Waals surface area contributed by atoms with Crippen LogP contribution in [0.5, 0.6) is 5.75 Å². The van der Waals surface area contributed by atoms with E-state index in [0.717, 1.165) is 12.0 Å². The van der Waals surface area contributed by atoms with Crippen molar-refractivity contribution in [2.24, 2.45) is 0 Å². The van der Waals surface area contributed by atoms with Gasteiger partial charge in [-0.25, -0.2) is 0 Å². The molecule has 1 heterocycles. The largest absolute Gasteiger partial charge is 0.494 e. The minimum atomic E-state index is -0.816. The van der Waals surface area contributed by atoms with E-state index in [1.807, 2.05) is 35.7 Å². The molecule has 128 valence electrons. The summed E-state index contributed by atoms with van der Waals surface area (Å²) in [5.41, 5.74) is 2.19. The molecule has 1 aromatic heterocycles. The van der Waals surface area contributed by atoms with Crippen molar-refractivity contribution in [3.63, 3.8) is 0 Å². The maximum absolute atomic E-state index is 11.8. The minimum absolute atomic E-state index is 0.0372. The molecule has 0 saturated heterocycles. The Bertz CT molecular complexity index is 638. The highest BCUT2D eigenvalue weighted by atomic mass is 32.1. The van der Waals surface area contributed by atoms with Gasteiger partial charge < -0.3 is 15.2 Å². The fourth-order valence-electron chi connectivity index (χ4n) is 2.10. The smallest absolute Gasteiger partial charge is 0.303 e. The zero-order valence-electron chi connectivity index (χ0n) is 13.4. The molecule has 0 spiro atoms. The lowest BCUT2D eigenvalue weighted by atomic mass is 10.2. The van der Waals surface area contributed by atoms with Gasteiger partial charge in [-0.3, -0.25) is 9.59 Å². The molecule has 0 aliphatic heterocycles. The Morgan fingerprint density at radius 1 is 1.08 bits per heavy atom. The number of aliphatic carboxylic acids is 1. The van der Waals surface area contributed by atoms with E-state index in [1.165, 1.54) is 5.56 Å². The molecule has 6 heteroatoms. The number of carboxylic acids is 1. The summed E-state index contributed by atoms with van der Waals surface area (Å²) in [6.45, 7) is 0.868. The van der Waals surface area contributed by atoms with E-state index in [4.69, 9.17) is 9.84 Å². The summed E-state index contributed by atoms with van der Waals surface area (Å²) < 4.78 is 5.47. The van der Waals surface area contributed by atoms with E-state index in [9.17, 15) is 9.59 Å². The molecule has 0 saturated carbocycles. The molecule has 24 heavy (non-hydrogen) atoms. The van der Waals surface area contributed by atoms with Gasteiger partial charge in [-0.1, -0.05) is 12.1 Å². The van der Waals surface area contributed by atoms with Crippen LogP contribution >= 0.6 is 11.3 Å². The second-order valence-electron chi connectivity index (χ2n) is 5.40. The first-order valence-electron chi connectivity index (χ1n) is 7.85. The number of carbonyl (C=O) groups is 2. The number of carbonyl (C=O) groups excluding carboxylic acids is 1. The van der Waals surface area contributed by atoms with Crippen molar-refractivity contribution in [3.05, 3.63) is 52.2 Å². The number of rotatable bonds is 10. The molecular weight excluding hydrogens is 326 g/mol. The summed E-state index contributed by atoms with van der Waals surface area (Å²) in [5, 5.41) is 15.5. The van der Waals surface area contributed by atoms with Crippen molar-refractivity contribution < 1.29 is 19.4 Å². The second-order valence-corrected chi connectivity index (χ2v) is 6.18. The van der Waals surface area contributed by atoms with Crippen molar-refractivity contribution >= 4 is 23.2 Å². The minimum Gasteiger partial charge on any atom is -0.494 e. The van der Waals surface area contributed by atoms with Gasteiger partial charge in [0.25, 0.3) is 0 Å². The molecule has 2 aromatic rings. The Hall–Kier alpha value is -2.34. The summed E-state index contributed by atoms with van der Waals surface area (Å²) in [6.07, 6.45) is 1.84. The van der Waals surface area contributed by atoms with Crippen molar-refractivity contribution in [1.82, 2.24) is 5.32 Å². The van der Waals surface area contributed by atoms with Crippen LogP contribution in [0.3, 0.4) is 0 Å². The van der Waals surface area contributed by atoms with Crippen LogP contribution in [0.2, 0.25) is 0 Å². The predicted octanol–water partition coefficient (Wildman–Crippen LogP) is 3.24. The van der Waals surface area contributed by atoms with Crippen molar-refractivity contribution in [2.45, 2.75) is 32.2 Å². The monoisotopic (exact) mass is 347 g/mol. The summed E-state index contributed by atoms with van der Waals surface area (Å²) in [5.74, 6) is -0.0770. The summed E-state index contributed by atoms with van der Waals surface area (Å²) in [7, 11) is 0. The Kier molecular flexibility index (Phi) is 7.29. The van der Waals surface area contributed by atoms with E-state index in [0.29, 0.717) is 31.7 Å². The number of aryl methyl sites for hydroxylation is 1. The van der Waals surface area contributed by atoms with Crippen LogP contribution in [0, 0.1) is 0 Å². The number of thiophene rings is 1. The molecule has 1 aromatic carbocycles. The molecule has 0 atom stereocenters. The molecular formula is C18H21NO4S. The number of carboxylic acid groups (broad SMARTS) is 1. The first kappa shape index (κ1) is 18.0. The average molecular weight is 347 g/mol. The Labute approximate surface area is 145 Å². The van der Waals surface area contributed by atoms with Gasteiger partial charge in [-0.15, -0.1) is 0 Å². The number of benzene rings is 1. The number of amides is 1. The van der Waals surface area contributed by atoms with E-state index in [2.05, 4.69) is 10.7 Å². The Balaban J connectivity index is 1.65. The first-order chi connectivity index (χ1) is 11.6. The molecule has 1 amide bonds. The van der Waals surface area contributed by atoms with E-state index < -0.39 is 5.97 Å². The Morgan fingerprint density at radius 3 is 2.54 bits per heavy atom. The molecule has 0 aliphatic rings. The average Bonchev–Trinajstić information content (AvgIpc) is 3.09. The highest BCUT2D eigenvalue weighted by molar-refractivity contribution is 7.07. The molecule has 2 rings (SSSR count). The number of hydrogen-bond acceptors (Lipinski definition) is 4. The van der Waals surface area contributed by atoms with Crippen LogP contribution in [0.1, 0.15) is 30.4 Å². The van der Waals surface area contributed by atoms with E-state index in [-0.39, 0.29) is 12.3 Å². The standard InChI is InChI=1S/C18H21NO4S/c20-17(8-5-15-9-11-24-13-15)19-12-14-3-6-16(7-4-14)23-10-1-2-18(21)22/h3-4,6-7,9,11,13H,1-2,5,8,10,12H2,(H,19,20)(H,21,22). The Morgan fingerprint density at radius 2 is 1.88 bits per heavy atom. The quantitative estimate of drug-likeness (QED) is 0.647. The van der Waals surface area contributed by atoms with Gasteiger partial charge in [0.1, 0.15) is 5.75 Å². The molecule has 0 unspecified atom stereocenters. The van der Waals surface area contributed by atoms with Gasteiger partial charge in [-0.2, -0.15) is 11.3 Å². The van der Waals surface area contributed by atoms with Crippen molar-refractivity contribution in [3.8, 4) is 5.75 Å². The second kappa shape index (κ2) is 9.72. The molecule has 0 aliphatic carbocycles. The maximum Gasteiger partial charge on any atom is 0.303 e. The number of nitrogens with one attached hydrogen (secondary N) is 1. The molecule has 0 radical (unpaired) electrons. The third-order valence-corrected chi connectivity index (χ3v) is 4.17. The van der Waals surface area contributed by atoms with Crippen LogP contribution in [0.4, 0.5) is 0 Å². The lowest BCUT2D eigenvalue weighted by molar-refractivity contribution is -0.137. The molecule has 0 bridgehead atoms. The van der Waals surface area contributed by atoms with Crippen LogP contribution in [-0.2, 0) is 22.6 Å². The van der Waals surface area contributed by atoms with E-state index >= 15 is 0 Å². The maximum atomic E-state index is 11.8. The lowest BCUT2D eigenvalue weighted by Gasteiger charge is -2.08. The van der Waals surface area contributed by atoms with Gasteiger partial charge in [0.15, 0.2) is 0 Å². The third kappa shape index (κ3) is 6.83. The number of ether oxygens (including phenoxy) is 1. The van der Waals surface area contributed by atoms with Crippen LogP contribution < -0.4 is 10.1 Å². The summed E-state index contributed by atoms with van der Waals surface area (Å²) in [4.78, 5) is 22.2. The van der Waals surface area contributed by atoms with Crippen molar-refractivity contribution in [2.75, 3.05) is 6.61 Å². The summed E-state index contributed by atoms with van der Waals surface area (Å²) in [6, 6.07) is 9.48. The van der Waals surface area contributed by atoms with E-state index in [1.54, 1.807) is 11.3 Å². The third-order valence-electron chi connectivity index (χ3n) is 3.44. The normalized spacial score (nSPS) is 10.3. The van der Waals surface area contributed by atoms with Gasteiger partial charge in [0.2, 0.25) is 5.91 Å². The highest BCUT2D eigenvalue weighted by Crippen LogP contribution is 2.13. The fraction of sp³-hybridized carbons (Fsp3) is 0.333.